The Balaban J connectivity index is 1.90. The van der Waals surface area contributed by atoms with Crippen molar-refractivity contribution in [1.29, 1.82) is 0 Å². The van der Waals surface area contributed by atoms with Crippen LogP contribution in [0.1, 0.15) is 10.4 Å². The van der Waals surface area contributed by atoms with Gasteiger partial charge in [0.25, 0.3) is 5.91 Å². The molecule has 0 saturated heterocycles. The van der Waals surface area contributed by atoms with Gasteiger partial charge < -0.3 is 10.1 Å². The van der Waals surface area contributed by atoms with E-state index in [1.807, 2.05) is 24.5 Å². The summed E-state index contributed by atoms with van der Waals surface area (Å²) in [6, 6.07) is 14.4. The maximum atomic E-state index is 11.9. The minimum absolute atomic E-state index is 0.330. The fraction of sp³-hybridized carbons (Fsp3) is 0.125. The minimum atomic E-state index is -0.541. The second-order valence-electron chi connectivity index (χ2n) is 4.34. The van der Waals surface area contributed by atoms with Crippen molar-refractivity contribution in [1.82, 2.24) is 0 Å². The SMILES string of the molecule is CSc1cccc(NC(=O)COC(=O)c2ccccc2Br)c1. The number of carbonyl (C=O) groups is 2. The number of hydrogen-bond donors (Lipinski definition) is 1. The number of benzene rings is 2. The van der Waals surface area contributed by atoms with Crippen LogP contribution in [-0.4, -0.2) is 24.7 Å². The lowest BCUT2D eigenvalue weighted by atomic mass is 10.2. The Morgan fingerprint density at radius 3 is 2.68 bits per heavy atom. The van der Waals surface area contributed by atoms with Gasteiger partial charge in [-0.05, 0) is 52.5 Å². The van der Waals surface area contributed by atoms with Crippen LogP contribution in [0.4, 0.5) is 5.69 Å². The second-order valence-corrected chi connectivity index (χ2v) is 6.07. The smallest absolute Gasteiger partial charge is 0.339 e. The van der Waals surface area contributed by atoms with E-state index in [1.165, 1.54) is 0 Å². The molecule has 0 unspecified atom stereocenters. The van der Waals surface area contributed by atoms with Crippen LogP contribution in [0.2, 0.25) is 0 Å². The Hall–Kier alpha value is -1.79. The molecule has 0 atom stereocenters. The first-order valence-corrected chi connectivity index (χ1v) is 8.47. The van der Waals surface area contributed by atoms with Crippen LogP contribution < -0.4 is 5.32 Å². The first-order valence-electron chi connectivity index (χ1n) is 6.45. The first kappa shape index (κ1) is 16.6. The molecule has 1 amide bonds. The zero-order chi connectivity index (χ0) is 15.9. The van der Waals surface area contributed by atoms with Crippen molar-refractivity contribution < 1.29 is 14.3 Å². The van der Waals surface area contributed by atoms with E-state index in [0.717, 1.165) is 4.90 Å². The molecule has 0 aliphatic rings. The number of halogens is 1. The lowest BCUT2D eigenvalue weighted by Gasteiger charge is -2.08. The molecule has 0 fully saturated rings. The van der Waals surface area contributed by atoms with Crippen molar-refractivity contribution in [2.75, 3.05) is 18.2 Å². The molecule has 0 aliphatic heterocycles. The number of carbonyl (C=O) groups excluding carboxylic acids is 2. The average molecular weight is 380 g/mol. The number of ether oxygens (including phenoxy) is 1. The number of thioether (sulfide) groups is 1. The van der Waals surface area contributed by atoms with E-state index in [-0.39, 0.29) is 12.5 Å². The molecule has 22 heavy (non-hydrogen) atoms. The molecular formula is C16H14BrNO3S. The minimum Gasteiger partial charge on any atom is -0.452 e. The van der Waals surface area contributed by atoms with E-state index < -0.39 is 5.97 Å². The summed E-state index contributed by atoms with van der Waals surface area (Å²) >= 11 is 4.86. The predicted octanol–water partition coefficient (Wildman–Crippen LogP) is 3.97. The van der Waals surface area contributed by atoms with Crippen LogP contribution in [0.5, 0.6) is 0 Å². The quantitative estimate of drug-likeness (QED) is 0.630. The van der Waals surface area contributed by atoms with Gasteiger partial charge in [-0.25, -0.2) is 4.79 Å². The topological polar surface area (TPSA) is 55.4 Å². The molecule has 1 N–H and O–H groups in total. The summed E-state index contributed by atoms with van der Waals surface area (Å²) in [5, 5.41) is 2.70. The normalized spacial score (nSPS) is 10.1. The summed E-state index contributed by atoms with van der Waals surface area (Å²) in [7, 11) is 0. The average Bonchev–Trinajstić information content (AvgIpc) is 2.53. The molecule has 0 aromatic heterocycles. The lowest BCUT2D eigenvalue weighted by Crippen LogP contribution is -2.21. The summed E-state index contributed by atoms with van der Waals surface area (Å²) in [5.41, 5.74) is 1.06. The summed E-state index contributed by atoms with van der Waals surface area (Å²) in [4.78, 5) is 24.8. The van der Waals surface area contributed by atoms with Gasteiger partial charge in [-0.1, -0.05) is 18.2 Å². The van der Waals surface area contributed by atoms with Crippen molar-refractivity contribution in [2.45, 2.75) is 4.90 Å². The summed E-state index contributed by atoms with van der Waals surface area (Å²) < 4.78 is 5.65. The number of nitrogens with one attached hydrogen (secondary N) is 1. The summed E-state index contributed by atoms with van der Waals surface area (Å²) in [5.74, 6) is -0.917. The van der Waals surface area contributed by atoms with Crippen LogP contribution in [0.25, 0.3) is 0 Å². The van der Waals surface area contributed by atoms with Crippen LogP contribution in [0.3, 0.4) is 0 Å². The Morgan fingerprint density at radius 2 is 1.95 bits per heavy atom. The Labute approximate surface area is 141 Å². The summed E-state index contributed by atoms with van der Waals surface area (Å²) in [6.07, 6.45) is 1.96. The zero-order valence-electron chi connectivity index (χ0n) is 11.8. The number of amides is 1. The fourth-order valence-corrected chi connectivity index (χ4v) is 2.64. The molecule has 114 valence electrons. The van der Waals surface area contributed by atoms with Crippen molar-refractivity contribution in [3.63, 3.8) is 0 Å². The highest BCUT2D eigenvalue weighted by molar-refractivity contribution is 9.10. The largest absolute Gasteiger partial charge is 0.452 e. The Morgan fingerprint density at radius 1 is 1.18 bits per heavy atom. The number of rotatable bonds is 5. The predicted molar refractivity (Wildman–Crippen MR) is 91.3 cm³/mol. The fourth-order valence-electron chi connectivity index (χ4n) is 1.73. The van der Waals surface area contributed by atoms with Gasteiger partial charge in [0.15, 0.2) is 6.61 Å². The molecule has 0 aliphatic carbocycles. The van der Waals surface area contributed by atoms with E-state index in [9.17, 15) is 9.59 Å². The molecule has 0 heterocycles. The van der Waals surface area contributed by atoms with Crippen LogP contribution in [-0.2, 0) is 9.53 Å². The van der Waals surface area contributed by atoms with Gasteiger partial charge in [0.2, 0.25) is 0 Å². The van der Waals surface area contributed by atoms with Gasteiger partial charge in [-0.15, -0.1) is 11.8 Å². The van der Waals surface area contributed by atoms with Crippen molar-refractivity contribution in [3.05, 3.63) is 58.6 Å². The van der Waals surface area contributed by atoms with Gasteiger partial charge in [0, 0.05) is 15.1 Å². The molecule has 0 radical (unpaired) electrons. The van der Waals surface area contributed by atoms with Gasteiger partial charge >= 0.3 is 5.97 Å². The molecule has 2 aromatic carbocycles. The lowest BCUT2D eigenvalue weighted by molar-refractivity contribution is -0.119. The molecule has 0 spiro atoms. The van der Waals surface area contributed by atoms with Crippen molar-refractivity contribution >= 4 is 45.3 Å². The molecule has 4 nitrogen and oxygen atoms in total. The van der Waals surface area contributed by atoms with E-state index in [1.54, 1.807) is 42.1 Å². The molecule has 0 bridgehead atoms. The third-order valence-electron chi connectivity index (χ3n) is 2.78. The second kappa shape index (κ2) is 8.00. The van der Waals surface area contributed by atoms with Gasteiger partial charge in [0.1, 0.15) is 0 Å². The number of hydrogen-bond acceptors (Lipinski definition) is 4. The van der Waals surface area contributed by atoms with Crippen molar-refractivity contribution in [2.24, 2.45) is 0 Å². The number of esters is 1. The third kappa shape index (κ3) is 4.61. The van der Waals surface area contributed by atoms with Crippen LogP contribution >= 0.6 is 27.7 Å². The first-order chi connectivity index (χ1) is 10.6. The molecular weight excluding hydrogens is 366 g/mol. The monoisotopic (exact) mass is 379 g/mol. The Bertz CT molecular complexity index is 691. The molecule has 6 heteroatoms. The molecule has 2 rings (SSSR count). The highest BCUT2D eigenvalue weighted by Crippen LogP contribution is 2.19. The standard InChI is InChI=1S/C16H14BrNO3S/c1-22-12-6-4-5-11(9-12)18-15(19)10-21-16(20)13-7-2-3-8-14(13)17/h2-9H,10H2,1H3,(H,18,19). The maximum Gasteiger partial charge on any atom is 0.339 e. The van der Waals surface area contributed by atoms with Crippen LogP contribution in [0, 0.1) is 0 Å². The van der Waals surface area contributed by atoms with Gasteiger partial charge in [-0.2, -0.15) is 0 Å². The molecule has 2 aromatic rings. The highest BCUT2D eigenvalue weighted by atomic mass is 79.9. The van der Waals surface area contributed by atoms with Crippen LogP contribution in [0.15, 0.2) is 57.9 Å². The van der Waals surface area contributed by atoms with E-state index in [0.29, 0.717) is 15.7 Å². The van der Waals surface area contributed by atoms with Gasteiger partial charge in [-0.3, -0.25) is 4.79 Å². The van der Waals surface area contributed by atoms with E-state index in [4.69, 9.17) is 4.74 Å². The number of anilines is 1. The van der Waals surface area contributed by atoms with Gasteiger partial charge in [0.05, 0.1) is 5.56 Å². The highest BCUT2D eigenvalue weighted by Gasteiger charge is 2.13. The maximum absolute atomic E-state index is 11.9. The zero-order valence-corrected chi connectivity index (χ0v) is 14.2. The van der Waals surface area contributed by atoms with Crippen molar-refractivity contribution in [3.8, 4) is 0 Å². The summed E-state index contributed by atoms with van der Waals surface area (Å²) in [6.45, 7) is -0.330. The van der Waals surface area contributed by atoms with E-state index >= 15 is 0 Å². The Kier molecular flexibility index (Phi) is 6.03. The molecule has 0 saturated carbocycles. The third-order valence-corrected chi connectivity index (χ3v) is 4.20. The van der Waals surface area contributed by atoms with E-state index in [2.05, 4.69) is 21.2 Å².